The summed E-state index contributed by atoms with van der Waals surface area (Å²) in [6, 6.07) is 0.965. The summed E-state index contributed by atoms with van der Waals surface area (Å²) in [5.41, 5.74) is 0.880. The fourth-order valence-corrected chi connectivity index (χ4v) is 5.86. The molecule has 0 saturated heterocycles. The number of carbonyl (C=O) groups is 2. The standard InChI is InChI=1S/C22H23N5O4S2/c1-11-8-14(25-24-11)19(28)23-15-10-32-18-13(3)16(33-21(18)27(5)20(15)29)6-7-22(4,30)17-9-12(2)31-26-17/h9,15,30H,8,10H2,1-5H3,(H,23,28)/t15-,22-/m0/s1. The first kappa shape index (κ1) is 23.2. The van der Waals surface area contributed by atoms with Gasteiger partial charge in [-0.05, 0) is 33.3 Å². The van der Waals surface area contributed by atoms with Gasteiger partial charge in [-0.25, -0.2) is 0 Å². The lowest BCUT2D eigenvalue weighted by atomic mass is 10.0. The predicted molar refractivity (Wildman–Crippen MR) is 128 cm³/mol. The Morgan fingerprint density at radius 3 is 2.76 bits per heavy atom. The Bertz CT molecular complexity index is 1260. The van der Waals surface area contributed by atoms with Gasteiger partial charge >= 0.3 is 0 Å². The zero-order valence-corrected chi connectivity index (χ0v) is 20.5. The number of amides is 2. The number of nitrogens with one attached hydrogen (secondary N) is 1. The molecule has 0 aromatic carbocycles. The SMILES string of the molecule is CC1=NN=C(C(=O)N[C@H]2CSc3c(sc(C#C[C@](C)(O)c4cc(C)on4)c3C)N(C)C2=O)C1. The third kappa shape index (κ3) is 4.59. The number of likely N-dealkylation sites (N-methyl/N-ethyl adjacent to an activating group) is 1. The number of aromatic nitrogens is 1. The minimum absolute atomic E-state index is 0.211. The molecule has 4 rings (SSSR count). The van der Waals surface area contributed by atoms with Crippen molar-refractivity contribution in [2.45, 2.75) is 50.7 Å². The maximum absolute atomic E-state index is 13.1. The van der Waals surface area contributed by atoms with Crippen LogP contribution >= 0.6 is 23.1 Å². The molecule has 9 nitrogen and oxygen atoms in total. The lowest BCUT2D eigenvalue weighted by Crippen LogP contribution is -2.49. The zero-order chi connectivity index (χ0) is 23.9. The van der Waals surface area contributed by atoms with Gasteiger partial charge in [0.15, 0.2) is 5.60 Å². The number of anilines is 1. The topological polar surface area (TPSA) is 120 Å². The van der Waals surface area contributed by atoms with Crippen molar-refractivity contribution in [3.05, 3.63) is 28.0 Å². The quantitative estimate of drug-likeness (QED) is 0.644. The van der Waals surface area contributed by atoms with Gasteiger partial charge in [0.05, 0.1) is 4.88 Å². The molecule has 0 saturated carbocycles. The fourth-order valence-electron chi connectivity index (χ4n) is 3.33. The van der Waals surface area contributed by atoms with E-state index in [9.17, 15) is 14.7 Å². The molecule has 0 spiro atoms. The van der Waals surface area contributed by atoms with Crippen molar-refractivity contribution in [3.8, 4) is 11.8 Å². The highest BCUT2D eigenvalue weighted by molar-refractivity contribution is 7.99. The summed E-state index contributed by atoms with van der Waals surface area (Å²) in [7, 11) is 1.69. The molecule has 0 aliphatic carbocycles. The van der Waals surface area contributed by atoms with E-state index in [4.69, 9.17) is 4.52 Å². The zero-order valence-electron chi connectivity index (χ0n) is 18.8. The number of rotatable bonds is 3. The smallest absolute Gasteiger partial charge is 0.268 e. The molecule has 2 aromatic heterocycles. The van der Waals surface area contributed by atoms with E-state index in [2.05, 4.69) is 32.5 Å². The van der Waals surface area contributed by atoms with E-state index < -0.39 is 11.6 Å². The lowest BCUT2D eigenvalue weighted by Gasteiger charge is -2.20. The van der Waals surface area contributed by atoms with Crippen LogP contribution in [-0.4, -0.2) is 52.3 Å². The number of hydrogen-bond acceptors (Lipinski definition) is 9. The summed E-state index contributed by atoms with van der Waals surface area (Å²) < 4.78 is 5.04. The van der Waals surface area contributed by atoms with Gasteiger partial charge in [0, 0.05) is 35.9 Å². The van der Waals surface area contributed by atoms with Gasteiger partial charge in [-0.2, -0.15) is 5.10 Å². The Balaban J connectivity index is 1.53. The Hall–Kier alpha value is -2.94. The molecule has 33 heavy (non-hydrogen) atoms. The molecule has 0 bridgehead atoms. The Morgan fingerprint density at radius 1 is 1.36 bits per heavy atom. The maximum Gasteiger partial charge on any atom is 0.268 e. The highest BCUT2D eigenvalue weighted by Crippen LogP contribution is 2.44. The van der Waals surface area contributed by atoms with Gasteiger partial charge in [0.1, 0.15) is 28.2 Å². The molecule has 2 atom stereocenters. The largest absolute Gasteiger partial charge is 0.372 e. The molecule has 11 heteroatoms. The number of aryl methyl sites for hydroxylation is 1. The molecule has 2 amide bonds. The summed E-state index contributed by atoms with van der Waals surface area (Å²) in [5.74, 6) is 6.30. The molecule has 2 N–H and O–H groups in total. The minimum Gasteiger partial charge on any atom is -0.372 e. The van der Waals surface area contributed by atoms with Crippen molar-refractivity contribution in [2.75, 3.05) is 17.7 Å². The third-order valence-electron chi connectivity index (χ3n) is 5.28. The number of carbonyl (C=O) groups excluding carboxylic acids is 2. The number of hydrogen-bond donors (Lipinski definition) is 2. The second-order valence-electron chi connectivity index (χ2n) is 8.13. The van der Waals surface area contributed by atoms with Crippen LogP contribution in [0.2, 0.25) is 0 Å². The second-order valence-corrected chi connectivity index (χ2v) is 10.2. The summed E-state index contributed by atoms with van der Waals surface area (Å²) >= 11 is 2.87. The van der Waals surface area contributed by atoms with E-state index in [1.807, 2.05) is 6.92 Å². The van der Waals surface area contributed by atoms with Crippen molar-refractivity contribution in [1.82, 2.24) is 10.5 Å². The minimum atomic E-state index is -1.47. The van der Waals surface area contributed by atoms with E-state index in [0.717, 1.165) is 26.0 Å². The van der Waals surface area contributed by atoms with Crippen LogP contribution < -0.4 is 10.2 Å². The predicted octanol–water partition coefficient (Wildman–Crippen LogP) is 2.39. The van der Waals surface area contributed by atoms with Crippen molar-refractivity contribution in [2.24, 2.45) is 10.2 Å². The monoisotopic (exact) mass is 485 g/mol. The van der Waals surface area contributed by atoms with Crippen LogP contribution in [0.5, 0.6) is 0 Å². The number of aliphatic hydroxyl groups is 1. The van der Waals surface area contributed by atoms with Crippen LogP contribution in [0.25, 0.3) is 0 Å². The van der Waals surface area contributed by atoms with Crippen molar-refractivity contribution in [3.63, 3.8) is 0 Å². The van der Waals surface area contributed by atoms with Crippen LogP contribution in [-0.2, 0) is 15.2 Å². The van der Waals surface area contributed by atoms with Crippen molar-refractivity contribution in [1.29, 1.82) is 0 Å². The molecular weight excluding hydrogens is 462 g/mol. The average molecular weight is 486 g/mol. The third-order valence-corrected chi connectivity index (χ3v) is 7.98. The van der Waals surface area contributed by atoms with Crippen LogP contribution in [0.4, 0.5) is 5.00 Å². The van der Waals surface area contributed by atoms with E-state index >= 15 is 0 Å². The van der Waals surface area contributed by atoms with Crippen LogP contribution in [0.3, 0.4) is 0 Å². The Morgan fingerprint density at radius 2 is 2.12 bits per heavy atom. The molecule has 2 aromatic rings. The van der Waals surface area contributed by atoms with E-state index in [-0.39, 0.29) is 11.8 Å². The number of thioether (sulfide) groups is 1. The van der Waals surface area contributed by atoms with Gasteiger partial charge < -0.3 is 19.8 Å². The number of nitrogens with zero attached hydrogens (tertiary/aromatic N) is 4. The van der Waals surface area contributed by atoms with E-state index in [1.54, 1.807) is 38.8 Å². The second kappa shape index (κ2) is 8.78. The van der Waals surface area contributed by atoms with Crippen molar-refractivity contribution < 1.29 is 19.2 Å². The summed E-state index contributed by atoms with van der Waals surface area (Å²) in [6.45, 7) is 7.05. The lowest BCUT2D eigenvalue weighted by molar-refractivity contribution is -0.123. The van der Waals surface area contributed by atoms with Gasteiger partial charge in [-0.3, -0.25) is 9.59 Å². The maximum atomic E-state index is 13.1. The highest BCUT2D eigenvalue weighted by atomic mass is 32.2. The van der Waals surface area contributed by atoms with Gasteiger partial charge in [-0.15, -0.1) is 28.2 Å². The number of fused-ring (bicyclic) bond motifs is 1. The Labute approximate surface area is 199 Å². The first-order valence-corrected chi connectivity index (χ1v) is 12.0. The normalized spacial score (nSPS) is 19.6. The van der Waals surface area contributed by atoms with Crippen molar-refractivity contribution >= 4 is 51.3 Å². The number of thiophene rings is 1. The van der Waals surface area contributed by atoms with Gasteiger partial charge in [0.25, 0.3) is 11.8 Å². The van der Waals surface area contributed by atoms with Gasteiger partial charge in [-0.1, -0.05) is 17.0 Å². The highest BCUT2D eigenvalue weighted by Gasteiger charge is 2.34. The molecule has 4 heterocycles. The molecule has 0 radical (unpaired) electrons. The average Bonchev–Trinajstić information content (AvgIpc) is 3.46. The van der Waals surface area contributed by atoms with Crippen LogP contribution in [0, 0.1) is 25.7 Å². The van der Waals surface area contributed by atoms with E-state index in [1.165, 1.54) is 23.1 Å². The molecule has 172 valence electrons. The first-order chi connectivity index (χ1) is 15.6. The van der Waals surface area contributed by atoms with E-state index in [0.29, 0.717) is 29.3 Å². The molecule has 2 aliphatic heterocycles. The molecule has 2 aliphatic rings. The summed E-state index contributed by atoms with van der Waals surface area (Å²) in [5, 5.41) is 25.9. The fraction of sp³-hybridized carbons (Fsp3) is 0.409. The van der Waals surface area contributed by atoms with Gasteiger partial charge in [0.2, 0.25) is 0 Å². The molecule has 0 fully saturated rings. The summed E-state index contributed by atoms with van der Waals surface area (Å²) in [6.07, 6.45) is 0.391. The first-order valence-electron chi connectivity index (χ1n) is 10.2. The van der Waals surface area contributed by atoms with Crippen LogP contribution in [0.1, 0.15) is 42.2 Å². The summed E-state index contributed by atoms with van der Waals surface area (Å²) in [4.78, 5) is 28.8. The molecular formula is C22H23N5O4S2. The molecule has 0 unspecified atom stereocenters. The Kier molecular flexibility index (Phi) is 6.18. The van der Waals surface area contributed by atoms with Crippen LogP contribution in [0.15, 0.2) is 25.7 Å².